The Labute approximate surface area is 199 Å². The molecule has 8 heteroatoms. The zero-order chi connectivity index (χ0) is 23.2. The van der Waals surface area contributed by atoms with E-state index in [1.165, 1.54) is 40.8 Å². The number of rotatable bonds is 9. The van der Waals surface area contributed by atoms with E-state index in [0.717, 1.165) is 18.4 Å². The van der Waals surface area contributed by atoms with E-state index < -0.39 is 0 Å². The molecular formula is C25H24FN3O2S2. The van der Waals surface area contributed by atoms with Crippen molar-refractivity contribution < 1.29 is 9.18 Å². The Balaban J connectivity index is 1.43. The first-order chi connectivity index (χ1) is 16.0. The van der Waals surface area contributed by atoms with E-state index in [9.17, 15) is 14.0 Å². The van der Waals surface area contributed by atoms with Crippen molar-refractivity contribution in [1.29, 1.82) is 0 Å². The molecule has 1 amide bonds. The van der Waals surface area contributed by atoms with Crippen LogP contribution in [0.1, 0.15) is 24.5 Å². The summed E-state index contributed by atoms with van der Waals surface area (Å²) < 4.78 is 15.4. The fourth-order valence-electron chi connectivity index (χ4n) is 3.49. The molecule has 2 heterocycles. The molecule has 0 saturated heterocycles. The molecule has 0 saturated carbocycles. The Hall–Kier alpha value is -2.97. The maximum atomic E-state index is 13.3. The van der Waals surface area contributed by atoms with E-state index in [1.807, 2.05) is 30.5 Å². The summed E-state index contributed by atoms with van der Waals surface area (Å²) in [6.45, 7) is 2.25. The maximum absolute atomic E-state index is 13.3. The Kier molecular flexibility index (Phi) is 7.57. The largest absolute Gasteiger partial charge is 0.353 e. The minimum absolute atomic E-state index is 0.0343. The molecule has 1 atom stereocenters. The second-order valence-electron chi connectivity index (χ2n) is 7.83. The smallest absolute Gasteiger partial charge is 0.272 e. The van der Waals surface area contributed by atoms with Crippen LogP contribution < -0.4 is 10.9 Å². The van der Waals surface area contributed by atoms with Crippen molar-refractivity contribution in [3.8, 4) is 0 Å². The van der Waals surface area contributed by atoms with Crippen molar-refractivity contribution >= 4 is 39.2 Å². The van der Waals surface area contributed by atoms with E-state index in [-0.39, 0.29) is 35.6 Å². The number of nitrogens with zero attached hydrogens (tertiary/aromatic N) is 2. The molecule has 170 valence electrons. The summed E-state index contributed by atoms with van der Waals surface area (Å²) in [5, 5.41) is 5.33. The van der Waals surface area contributed by atoms with Crippen molar-refractivity contribution in [2.45, 2.75) is 37.5 Å². The zero-order valence-electron chi connectivity index (χ0n) is 18.2. The van der Waals surface area contributed by atoms with Gasteiger partial charge in [-0.2, -0.15) is 0 Å². The van der Waals surface area contributed by atoms with Crippen LogP contribution >= 0.6 is 23.1 Å². The van der Waals surface area contributed by atoms with Gasteiger partial charge < -0.3 is 5.32 Å². The summed E-state index contributed by atoms with van der Waals surface area (Å²) in [4.78, 5) is 30.2. The second kappa shape index (κ2) is 10.8. The molecule has 0 aliphatic rings. The van der Waals surface area contributed by atoms with Gasteiger partial charge in [0.2, 0.25) is 5.91 Å². The maximum Gasteiger partial charge on any atom is 0.272 e. The highest BCUT2D eigenvalue weighted by Crippen LogP contribution is 2.22. The fraction of sp³-hybridized carbons (Fsp3) is 0.240. The average molecular weight is 482 g/mol. The van der Waals surface area contributed by atoms with Gasteiger partial charge in [-0.3, -0.25) is 14.2 Å². The van der Waals surface area contributed by atoms with Crippen LogP contribution in [0.5, 0.6) is 0 Å². The molecule has 1 N–H and O–H groups in total. The summed E-state index contributed by atoms with van der Waals surface area (Å²) >= 11 is 2.58. The third-order valence-corrected chi connectivity index (χ3v) is 7.10. The molecule has 0 spiro atoms. The van der Waals surface area contributed by atoms with Crippen LogP contribution in [-0.4, -0.2) is 27.3 Å². The van der Waals surface area contributed by atoms with E-state index >= 15 is 0 Å². The number of carbonyl (C=O) groups is 1. The predicted octanol–water partition coefficient (Wildman–Crippen LogP) is 4.88. The number of nitrogens with one attached hydrogen (secondary N) is 1. The van der Waals surface area contributed by atoms with Gasteiger partial charge in [0.05, 0.1) is 17.8 Å². The molecule has 33 heavy (non-hydrogen) atoms. The average Bonchev–Trinajstić information content (AvgIpc) is 3.29. The molecule has 2 aromatic heterocycles. The number of amides is 1. The predicted molar refractivity (Wildman–Crippen MR) is 132 cm³/mol. The molecule has 4 rings (SSSR count). The number of thioether (sulfide) groups is 1. The number of carbonyl (C=O) groups excluding carboxylic acids is 1. The van der Waals surface area contributed by atoms with E-state index in [4.69, 9.17) is 0 Å². The van der Waals surface area contributed by atoms with Crippen LogP contribution in [-0.2, 0) is 17.8 Å². The van der Waals surface area contributed by atoms with Gasteiger partial charge in [-0.15, -0.1) is 11.3 Å². The Morgan fingerprint density at radius 1 is 1.12 bits per heavy atom. The summed E-state index contributed by atoms with van der Waals surface area (Å²) in [6.07, 6.45) is 1.73. The lowest BCUT2D eigenvalue weighted by molar-refractivity contribution is -0.119. The van der Waals surface area contributed by atoms with Crippen LogP contribution in [0.15, 0.2) is 76.0 Å². The normalized spacial score (nSPS) is 12.1. The van der Waals surface area contributed by atoms with Crippen LogP contribution in [0, 0.1) is 5.82 Å². The number of halogens is 1. The monoisotopic (exact) mass is 481 g/mol. The standard InChI is InChI=1S/C25H24FN3O2S2/c1-17(7-8-18-5-3-2-4-6-18)27-22(30)16-33-25-28-21-13-14-32-23(21)24(31)29(25)15-19-9-11-20(26)12-10-19/h2-6,9-14,17H,7-8,15-16H2,1H3,(H,27,30)/t17-/m0/s1. The van der Waals surface area contributed by atoms with Crippen LogP contribution in [0.2, 0.25) is 0 Å². The Bertz CT molecular complexity index is 1290. The lowest BCUT2D eigenvalue weighted by atomic mass is 10.1. The Morgan fingerprint density at radius 2 is 1.88 bits per heavy atom. The highest BCUT2D eigenvalue weighted by Gasteiger charge is 2.15. The van der Waals surface area contributed by atoms with E-state index in [2.05, 4.69) is 22.4 Å². The summed E-state index contributed by atoms with van der Waals surface area (Å²) in [5.74, 6) is -0.277. The Morgan fingerprint density at radius 3 is 2.64 bits per heavy atom. The molecule has 4 aromatic rings. The number of benzene rings is 2. The van der Waals surface area contributed by atoms with Gasteiger partial charge in [0.25, 0.3) is 5.56 Å². The summed E-state index contributed by atoms with van der Waals surface area (Å²) in [7, 11) is 0. The number of thiophene rings is 1. The SMILES string of the molecule is C[C@@H](CCc1ccccc1)NC(=O)CSc1nc2ccsc2c(=O)n1Cc1ccc(F)cc1. The van der Waals surface area contributed by atoms with Gasteiger partial charge in [-0.1, -0.05) is 54.2 Å². The van der Waals surface area contributed by atoms with E-state index in [1.54, 1.807) is 22.8 Å². The van der Waals surface area contributed by atoms with Crippen LogP contribution in [0.4, 0.5) is 4.39 Å². The van der Waals surface area contributed by atoms with Crippen molar-refractivity contribution in [3.63, 3.8) is 0 Å². The molecule has 0 bridgehead atoms. The number of aryl methyl sites for hydroxylation is 1. The molecule has 2 aromatic carbocycles. The van der Waals surface area contributed by atoms with Gasteiger partial charge in [-0.25, -0.2) is 9.37 Å². The van der Waals surface area contributed by atoms with Gasteiger partial charge in [-0.05, 0) is 54.5 Å². The molecule has 0 fully saturated rings. The van der Waals surface area contributed by atoms with Crippen molar-refractivity contribution in [2.24, 2.45) is 0 Å². The third kappa shape index (κ3) is 6.09. The molecular weight excluding hydrogens is 457 g/mol. The number of aromatic nitrogens is 2. The highest BCUT2D eigenvalue weighted by atomic mass is 32.2. The van der Waals surface area contributed by atoms with Gasteiger partial charge >= 0.3 is 0 Å². The van der Waals surface area contributed by atoms with Crippen molar-refractivity contribution in [2.75, 3.05) is 5.75 Å². The lowest BCUT2D eigenvalue weighted by Crippen LogP contribution is -2.34. The number of hydrogen-bond acceptors (Lipinski definition) is 5. The van der Waals surface area contributed by atoms with Gasteiger partial charge in [0.1, 0.15) is 10.5 Å². The van der Waals surface area contributed by atoms with Crippen molar-refractivity contribution in [1.82, 2.24) is 14.9 Å². The zero-order valence-corrected chi connectivity index (χ0v) is 19.8. The summed E-state index contributed by atoms with van der Waals surface area (Å²) in [6, 6.07) is 18.0. The van der Waals surface area contributed by atoms with E-state index in [0.29, 0.717) is 15.4 Å². The first kappa shape index (κ1) is 23.2. The van der Waals surface area contributed by atoms with Crippen LogP contribution in [0.3, 0.4) is 0 Å². The highest BCUT2D eigenvalue weighted by molar-refractivity contribution is 7.99. The topological polar surface area (TPSA) is 64.0 Å². The van der Waals surface area contributed by atoms with Gasteiger partial charge in [0, 0.05) is 6.04 Å². The quantitative estimate of drug-likeness (QED) is 0.274. The molecule has 5 nitrogen and oxygen atoms in total. The minimum atomic E-state index is -0.328. The van der Waals surface area contributed by atoms with Crippen LogP contribution in [0.25, 0.3) is 10.2 Å². The number of hydrogen-bond donors (Lipinski definition) is 1. The number of fused-ring (bicyclic) bond motifs is 1. The fourth-order valence-corrected chi connectivity index (χ4v) is 5.08. The van der Waals surface area contributed by atoms with Gasteiger partial charge in [0.15, 0.2) is 5.16 Å². The summed E-state index contributed by atoms with van der Waals surface area (Å²) in [5.41, 5.74) is 2.50. The first-order valence-corrected chi connectivity index (χ1v) is 12.5. The third-order valence-electron chi connectivity index (χ3n) is 5.23. The second-order valence-corrected chi connectivity index (χ2v) is 9.69. The molecule has 0 aliphatic heterocycles. The van der Waals surface area contributed by atoms with Crippen molar-refractivity contribution in [3.05, 3.63) is 93.3 Å². The molecule has 0 radical (unpaired) electrons. The molecule has 0 aliphatic carbocycles. The minimum Gasteiger partial charge on any atom is -0.353 e. The lowest BCUT2D eigenvalue weighted by Gasteiger charge is -2.15. The molecule has 0 unspecified atom stereocenters. The first-order valence-electron chi connectivity index (χ1n) is 10.7.